The minimum atomic E-state index is -1.47. The van der Waals surface area contributed by atoms with Crippen LogP contribution in [0, 0.1) is 17.6 Å². The van der Waals surface area contributed by atoms with E-state index in [-0.39, 0.29) is 48.8 Å². The van der Waals surface area contributed by atoms with Crippen LogP contribution in [0.25, 0.3) is 22.2 Å². The summed E-state index contributed by atoms with van der Waals surface area (Å²) in [5.41, 5.74) is 0.834. The molecule has 1 atom stereocenters. The summed E-state index contributed by atoms with van der Waals surface area (Å²) in [4.78, 5) is 18.1. The highest BCUT2D eigenvalue weighted by molar-refractivity contribution is 5.99. The van der Waals surface area contributed by atoms with Crippen molar-refractivity contribution in [3.05, 3.63) is 77.1 Å². The fourth-order valence-electron chi connectivity index (χ4n) is 5.58. The molecule has 7 rings (SSSR count). The van der Waals surface area contributed by atoms with Gasteiger partial charge in [0.15, 0.2) is 5.82 Å². The average Bonchev–Trinajstić information content (AvgIpc) is 3.90. The normalized spacial score (nSPS) is 18.6. The highest BCUT2D eigenvalue weighted by Gasteiger charge is 2.43. The molecule has 3 aliphatic rings. The topological polar surface area (TPSA) is 98.5 Å². The van der Waals surface area contributed by atoms with Crippen LogP contribution in [0.1, 0.15) is 59.3 Å². The summed E-state index contributed by atoms with van der Waals surface area (Å²) in [6, 6.07) is 11.0. The molecule has 2 saturated carbocycles. The number of methoxy groups -OCH3 is 1. The summed E-state index contributed by atoms with van der Waals surface area (Å²) < 4.78 is 42.1. The number of aliphatic hydroxyl groups is 1. The molecule has 2 N–H and O–H groups in total. The van der Waals surface area contributed by atoms with E-state index in [2.05, 4.69) is 15.4 Å². The first-order valence-corrected chi connectivity index (χ1v) is 13.9. The first-order valence-electron chi connectivity index (χ1n) is 13.9. The number of rotatable bonds is 9. The molecule has 10 heteroatoms. The number of fused-ring (bicyclic) bond motifs is 1. The van der Waals surface area contributed by atoms with Crippen molar-refractivity contribution in [3.8, 4) is 17.0 Å². The SMILES string of the molecule is COc1cc(C(=O)NCC(c2cc(C3(O)COC3)c(F)c(-c3ccc(F)cc3)n2)C2CC2)cc2cn(C3CC3)nc12. The number of halogens is 2. The number of benzene rings is 2. The van der Waals surface area contributed by atoms with Crippen LogP contribution < -0.4 is 10.1 Å². The molecule has 2 aliphatic carbocycles. The van der Waals surface area contributed by atoms with Gasteiger partial charge in [-0.2, -0.15) is 5.10 Å². The predicted octanol–water partition coefficient (Wildman–Crippen LogP) is 4.86. The number of nitrogens with one attached hydrogen (secondary N) is 1. The summed E-state index contributed by atoms with van der Waals surface area (Å²) in [5.74, 6) is -0.770. The van der Waals surface area contributed by atoms with Crippen molar-refractivity contribution in [2.75, 3.05) is 26.9 Å². The maximum atomic E-state index is 15.8. The summed E-state index contributed by atoms with van der Waals surface area (Å²) in [6.45, 7) is 0.229. The van der Waals surface area contributed by atoms with Crippen LogP contribution in [0.15, 0.2) is 48.7 Å². The Hall–Kier alpha value is -3.89. The lowest BCUT2D eigenvalue weighted by molar-refractivity contribution is -0.186. The zero-order chi connectivity index (χ0) is 28.3. The van der Waals surface area contributed by atoms with Gasteiger partial charge in [-0.15, -0.1) is 0 Å². The van der Waals surface area contributed by atoms with Gasteiger partial charge in [0.2, 0.25) is 0 Å². The van der Waals surface area contributed by atoms with E-state index >= 15 is 4.39 Å². The third-order valence-electron chi connectivity index (χ3n) is 8.33. The quantitative estimate of drug-likeness (QED) is 0.303. The highest BCUT2D eigenvalue weighted by atomic mass is 19.1. The van der Waals surface area contributed by atoms with E-state index in [1.165, 1.54) is 24.3 Å². The van der Waals surface area contributed by atoms with E-state index in [0.29, 0.717) is 28.6 Å². The van der Waals surface area contributed by atoms with Crippen molar-refractivity contribution in [1.29, 1.82) is 0 Å². The minimum Gasteiger partial charge on any atom is -0.494 e. The van der Waals surface area contributed by atoms with Gasteiger partial charge < -0.3 is 19.9 Å². The van der Waals surface area contributed by atoms with Gasteiger partial charge in [-0.1, -0.05) is 0 Å². The molecule has 2 aromatic heterocycles. The Morgan fingerprint density at radius 3 is 2.56 bits per heavy atom. The second-order valence-electron chi connectivity index (χ2n) is 11.4. The van der Waals surface area contributed by atoms with Gasteiger partial charge in [0.05, 0.1) is 26.4 Å². The number of ether oxygens (including phenoxy) is 2. The van der Waals surface area contributed by atoms with Crippen LogP contribution in [-0.4, -0.2) is 52.6 Å². The molecule has 0 bridgehead atoms. The highest BCUT2D eigenvalue weighted by Crippen LogP contribution is 2.44. The largest absolute Gasteiger partial charge is 0.494 e. The first kappa shape index (κ1) is 26.0. The Labute approximate surface area is 235 Å². The Balaban J connectivity index is 1.20. The van der Waals surface area contributed by atoms with E-state index in [4.69, 9.17) is 9.47 Å². The van der Waals surface area contributed by atoms with Crippen LogP contribution in [0.5, 0.6) is 5.75 Å². The van der Waals surface area contributed by atoms with Crippen molar-refractivity contribution < 1.29 is 28.2 Å². The molecular weight excluding hydrogens is 530 g/mol. The zero-order valence-corrected chi connectivity index (χ0v) is 22.6. The molecule has 3 heterocycles. The molecule has 3 fully saturated rings. The molecule has 1 saturated heterocycles. The molecule has 1 amide bonds. The van der Waals surface area contributed by atoms with E-state index < -0.39 is 17.2 Å². The molecule has 8 nitrogen and oxygen atoms in total. The molecule has 0 radical (unpaired) electrons. The Bertz CT molecular complexity index is 1640. The Kier molecular flexibility index (Phi) is 6.28. The number of aromatic nitrogens is 3. The Morgan fingerprint density at radius 2 is 1.93 bits per heavy atom. The van der Waals surface area contributed by atoms with Crippen LogP contribution in [0.3, 0.4) is 0 Å². The van der Waals surface area contributed by atoms with E-state index in [1.807, 2.05) is 16.9 Å². The fraction of sp³-hybridized carbons (Fsp3) is 0.387. The molecule has 41 heavy (non-hydrogen) atoms. The smallest absolute Gasteiger partial charge is 0.251 e. The third kappa shape index (κ3) is 4.85. The molecule has 1 aliphatic heterocycles. The summed E-state index contributed by atoms with van der Waals surface area (Å²) >= 11 is 0. The van der Waals surface area contributed by atoms with E-state index in [9.17, 15) is 14.3 Å². The van der Waals surface area contributed by atoms with E-state index in [0.717, 1.165) is 36.6 Å². The number of carbonyl (C=O) groups excluding carboxylic acids is 1. The van der Waals surface area contributed by atoms with Gasteiger partial charge >= 0.3 is 0 Å². The predicted molar refractivity (Wildman–Crippen MR) is 147 cm³/mol. The van der Waals surface area contributed by atoms with Crippen LogP contribution in [0.4, 0.5) is 8.78 Å². The number of hydrogen-bond donors (Lipinski definition) is 2. The summed E-state index contributed by atoms with van der Waals surface area (Å²) in [7, 11) is 1.56. The molecule has 4 aromatic rings. The Morgan fingerprint density at radius 1 is 1.17 bits per heavy atom. The monoisotopic (exact) mass is 560 g/mol. The standard InChI is InChI=1S/C31H30F2N4O4/c1-40-26-11-19(10-20-14-37(22-8-9-22)36-28(20)26)30(38)34-13-23(17-2-3-17)25-12-24(31(39)15-41-16-31)27(33)29(35-25)18-4-6-21(32)7-5-18/h4-7,10-12,14,17,22-23,39H,2-3,8-9,13,15-16H2,1H3,(H,34,38). The number of hydrogen-bond acceptors (Lipinski definition) is 6. The third-order valence-corrected chi connectivity index (χ3v) is 8.33. The second-order valence-corrected chi connectivity index (χ2v) is 11.4. The van der Waals surface area contributed by atoms with Gasteiger partial charge in [0.25, 0.3) is 5.91 Å². The number of amides is 1. The molecular formula is C31H30F2N4O4. The van der Waals surface area contributed by atoms with Crippen molar-refractivity contribution in [3.63, 3.8) is 0 Å². The zero-order valence-electron chi connectivity index (χ0n) is 22.6. The number of carbonyl (C=O) groups is 1. The van der Waals surface area contributed by atoms with Crippen molar-refractivity contribution >= 4 is 16.8 Å². The average molecular weight is 561 g/mol. The van der Waals surface area contributed by atoms with Crippen molar-refractivity contribution in [1.82, 2.24) is 20.1 Å². The van der Waals surface area contributed by atoms with Gasteiger partial charge in [-0.05, 0) is 74.1 Å². The number of nitrogens with zero attached hydrogens (tertiary/aromatic N) is 3. The van der Waals surface area contributed by atoms with Gasteiger partial charge in [-0.25, -0.2) is 13.8 Å². The lowest BCUT2D eigenvalue weighted by atomic mass is 9.87. The summed E-state index contributed by atoms with van der Waals surface area (Å²) in [6.07, 6.45) is 6.05. The van der Waals surface area contributed by atoms with E-state index in [1.54, 1.807) is 19.2 Å². The van der Waals surface area contributed by atoms with Crippen LogP contribution in [0.2, 0.25) is 0 Å². The first-order chi connectivity index (χ1) is 19.8. The fourth-order valence-corrected chi connectivity index (χ4v) is 5.58. The van der Waals surface area contributed by atoms with Crippen LogP contribution in [-0.2, 0) is 10.3 Å². The van der Waals surface area contributed by atoms with Crippen molar-refractivity contribution in [2.24, 2.45) is 5.92 Å². The lowest BCUT2D eigenvalue weighted by Crippen LogP contribution is -2.47. The van der Waals surface area contributed by atoms with Crippen molar-refractivity contribution in [2.45, 2.75) is 43.2 Å². The van der Waals surface area contributed by atoms with Crippen LogP contribution >= 0.6 is 0 Å². The summed E-state index contributed by atoms with van der Waals surface area (Å²) in [5, 5.41) is 19.6. The van der Waals surface area contributed by atoms with Gasteiger partial charge in [0.1, 0.15) is 28.4 Å². The molecule has 2 aromatic carbocycles. The maximum absolute atomic E-state index is 15.8. The number of pyridine rings is 1. The minimum absolute atomic E-state index is 0.0251. The molecule has 212 valence electrons. The van der Waals surface area contributed by atoms with Gasteiger partial charge in [-0.3, -0.25) is 9.48 Å². The second kappa shape index (κ2) is 9.88. The maximum Gasteiger partial charge on any atom is 0.251 e. The lowest BCUT2D eigenvalue weighted by Gasteiger charge is -2.37. The molecule has 0 spiro atoms. The van der Waals surface area contributed by atoms with Gasteiger partial charge in [0, 0.05) is 46.4 Å². The molecule has 1 unspecified atom stereocenters.